The van der Waals surface area contributed by atoms with Gasteiger partial charge < -0.3 is 4.57 Å². The van der Waals surface area contributed by atoms with Gasteiger partial charge in [-0.3, -0.25) is 0 Å². The first-order valence-electron chi connectivity index (χ1n) is 10.4. The van der Waals surface area contributed by atoms with Gasteiger partial charge in [0.1, 0.15) is 5.82 Å². The summed E-state index contributed by atoms with van der Waals surface area (Å²) in [6.45, 7) is 3.40. The van der Waals surface area contributed by atoms with Crippen LogP contribution in [-0.4, -0.2) is 9.55 Å². The first-order valence-corrected chi connectivity index (χ1v) is 10.4. The number of rotatable bonds is 14. The number of aromatic nitrogens is 2. The Morgan fingerprint density at radius 1 is 0.760 bits per heavy atom. The summed E-state index contributed by atoms with van der Waals surface area (Å²) >= 11 is 0. The van der Waals surface area contributed by atoms with Gasteiger partial charge in [0.05, 0.1) is 0 Å². The molecule has 0 fully saturated rings. The predicted molar refractivity (Wildman–Crippen MR) is 108 cm³/mol. The lowest BCUT2D eigenvalue weighted by Gasteiger charge is -2.08. The monoisotopic (exact) mass is 340 g/mol. The molecule has 2 rings (SSSR count). The molecule has 0 atom stereocenters. The Labute approximate surface area is 154 Å². The fourth-order valence-corrected chi connectivity index (χ4v) is 3.44. The number of benzene rings is 1. The van der Waals surface area contributed by atoms with Crippen LogP contribution in [0.2, 0.25) is 0 Å². The van der Waals surface area contributed by atoms with E-state index in [2.05, 4.69) is 53.0 Å². The van der Waals surface area contributed by atoms with Crippen LogP contribution in [0, 0.1) is 0 Å². The maximum Gasteiger partial charge on any atom is 0.113 e. The molecule has 1 heterocycles. The summed E-state index contributed by atoms with van der Waals surface area (Å²) < 4.78 is 2.33. The minimum absolute atomic E-state index is 0.936. The van der Waals surface area contributed by atoms with Crippen LogP contribution in [0.4, 0.5) is 0 Å². The van der Waals surface area contributed by atoms with Crippen molar-refractivity contribution in [2.24, 2.45) is 0 Å². The van der Waals surface area contributed by atoms with E-state index in [4.69, 9.17) is 0 Å². The summed E-state index contributed by atoms with van der Waals surface area (Å²) in [5, 5.41) is 0. The van der Waals surface area contributed by atoms with E-state index in [0.29, 0.717) is 0 Å². The van der Waals surface area contributed by atoms with Crippen LogP contribution in [0.15, 0.2) is 42.7 Å². The standard InChI is InChI=1S/C23H36N2/c1-2-3-4-5-6-7-8-9-10-11-15-19-25-20-18-24-23(25)21-22-16-13-12-14-17-22/h12-14,16-18,20H,2-11,15,19,21H2,1H3. The first-order chi connectivity index (χ1) is 12.4. The molecule has 1 aromatic heterocycles. The molecule has 0 bridgehead atoms. The van der Waals surface area contributed by atoms with Crippen molar-refractivity contribution in [3.8, 4) is 0 Å². The second-order valence-electron chi connectivity index (χ2n) is 7.23. The van der Waals surface area contributed by atoms with Crippen LogP contribution in [-0.2, 0) is 13.0 Å². The van der Waals surface area contributed by atoms with Crippen molar-refractivity contribution in [1.82, 2.24) is 9.55 Å². The van der Waals surface area contributed by atoms with Gasteiger partial charge in [-0.05, 0) is 12.0 Å². The summed E-state index contributed by atoms with van der Waals surface area (Å²) in [5.41, 5.74) is 1.34. The highest BCUT2D eigenvalue weighted by Crippen LogP contribution is 2.13. The van der Waals surface area contributed by atoms with E-state index in [1.165, 1.54) is 82.0 Å². The zero-order valence-corrected chi connectivity index (χ0v) is 16.1. The largest absolute Gasteiger partial charge is 0.335 e. The third kappa shape index (κ3) is 8.38. The zero-order valence-electron chi connectivity index (χ0n) is 16.1. The zero-order chi connectivity index (χ0) is 17.6. The lowest BCUT2D eigenvalue weighted by Crippen LogP contribution is -2.04. The SMILES string of the molecule is CCCCCCCCCCCCCn1ccnc1Cc1ccccc1. The lowest BCUT2D eigenvalue weighted by molar-refractivity contribution is 0.527. The van der Waals surface area contributed by atoms with E-state index in [-0.39, 0.29) is 0 Å². The average Bonchev–Trinajstić information content (AvgIpc) is 3.07. The molecule has 0 N–H and O–H groups in total. The van der Waals surface area contributed by atoms with Gasteiger partial charge in [0.2, 0.25) is 0 Å². The number of aryl methyl sites for hydroxylation is 1. The molecule has 0 aliphatic rings. The molecule has 138 valence electrons. The van der Waals surface area contributed by atoms with Crippen molar-refractivity contribution in [3.63, 3.8) is 0 Å². The maximum absolute atomic E-state index is 4.54. The van der Waals surface area contributed by atoms with Crippen LogP contribution in [0.5, 0.6) is 0 Å². The van der Waals surface area contributed by atoms with Crippen LogP contribution < -0.4 is 0 Å². The van der Waals surface area contributed by atoms with E-state index in [9.17, 15) is 0 Å². The molecule has 0 spiro atoms. The lowest BCUT2D eigenvalue weighted by atomic mass is 10.1. The number of hydrogen-bond donors (Lipinski definition) is 0. The molecular formula is C23H36N2. The molecule has 0 saturated heterocycles. The van der Waals surface area contributed by atoms with Gasteiger partial charge in [-0.15, -0.1) is 0 Å². The van der Waals surface area contributed by atoms with E-state index in [0.717, 1.165) is 13.0 Å². The van der Waals surface area contributed by atoms with Crippen molar-refractivity contribution < 1.29 is 0 Å². The fraction of sp³-hybridized carbons (Fsp3) is 0.609. The molecule has 2 nitrogen and oxygen atoms in total. The Kier molecular flexibility index (Phi) is 10.1. The number of imidazole rings is 1. The van der Waals surface area contributed by atoms with E-state index < -0.39 is 0 Å². The third-order valence-electron chi connectivity index (χ3n) is 5.01. The van der Waals surface area contributed by atoms with Crippen molar-refractivity contribution in [1.29, 1.82) is 0 Å². The van der Waals surface area contributed by atoms with Gasteiger partial charge in [0, 0.05) is 25.4 Å². The molecule has 0 aliphatic carbocycles. The van der Waals surface area contributed by atoms with Crippen LogP contribution in [0.25, 0.3) is 0 Å². The minimum atomic E-state index is 0.936. The Bertz CT molecular complexity index is 544. The smallest absolute Gasteiger partial charge is 0.113 e. The van der Waals surface area contributed by atoms with Crippen molar-refractivity contribution in [3.05, 3.63) is 54.1 Å². The quantitative estimate of drug-likeness (QED) is 0.346. The Morgan fingerprint density at radius 3 is 2.00 bits per heavy atom. The minimum Gasteiger partial charge on any atom is -0.335 e. The summed E-state index contributed by atoms with van der Waals surface area (Å²) in [4.78, 5) is 4.54. The molecule has 0 aliphatic heterocycles. The van der Waals surface area contributed by atoms with Crippen molar-refractivity contribution >= 4 is 0 Å². The topological polar surface area (TPSA) is 17.8 Å². The molecule has 25 heavy (non-hydrogen) atoms. The van der Waals surface area contributed by atoms with E-state index >= 15 is 0 Å². The summed E-state index contributed by atoms with van der Waals surface area (Å²) in [7, 11) is 0. The van der Waals surface area contributed by atoms with Gasteiger partial charge in [0.15, 0.2) is 0 Å². The Morgan fingerprint density at radius 2 is 1.36 bits per heavy atom. The molecule has 0 saturated carbocycles. The van der Waals surface area contributed by atoms with Crippen LogP contribution >= 0.6 is 0 Å². The predicted octanol–water partition coefficient (Wildman–Crippen LogP) is 6.78. The third-order valence-corrected chi connectivity index (χ3v) is 5.01. The molecule has 2 aromatic rings. The summed E-state index contributed by atoms with van der Waals surface area (Å²) in [6, 6.07) is 10.6. The number of hydrogen-bond acceptors (Lipinski definition) is 1. The van der Waals surface area contributed by atoms with E-state index in [1.54, 1.807) is 0 Å². The molecule has 1 aromatic carbocycles. The molecule has 0 unspecified atom stereocenters. The number of unbranched alkanes of at least 4 members (excludes halogenated alkanes) is 10. The second kappa shape index (κ2) is 12.7. The van der Waals surface area contributed by atoms with Crippen LogP contribution in [0.1, 0.15) is 88.9 Å². The molecule has 0 amide bonds. The van der Waals surface area contributed by atoms with Gasteiger partial charge >= 0.3 is 0 Å². The molecular weight excluding hydrogens is 304 g/mol. The molecule has 0 radical (unpaired) electrons. The second-order valence-corrected chi connectivity index (χ2v) is 7.23. The highest BCUT2D eigenvalue weighted by atomic mass is 15.1. The van der Waals surface area contributed by atoms with Gasteiger partial charge in [-0.25, -0.2) is 4.98 Å². The van der Waals surface area contributed by atoms with Gasteiger partial charge in [0.25, 0.3) is 0 Å². The normalized spacial score (nSPS) is 11.1. The number of nitrogens with zero attached hydrogens (tertiary/aromatic N) is 2. The highest BCUT2D eigenvalue weighted by Gasteiger charge is 2.03. The Balaban J connectivity index is 1.52. The maximum atomic E-state index is 4.54. The Hall–Kier alpha value is -1.57. The van der Waals surface area contributed by atoms with E-state index in [1.807, 2.05) is 6.20 Å². The van der Waals surface area contributed by atoms with Crippen molar-refractivity contribution in [2.45, 2.75) is 90.5 Å². The fourth-order valence-electron chi connectivity index (χ4n) is 3.44. The first kappa shape index (κ1) is 19.8. The average molecular weight is 341 g/mol. The highest BCUT2D eigenvalue weighted by molar-refractivity contribution is 5.19. The molecule has 2 heteroatoms. The summed E-state index contributed by atoms with van der Waals surface area (Å²) in [5.74, 6) is 1.19. The van der Waals surface area contributed by atoms with Crippen molar-refractivity contribution in [2.75, 3.05) is 0 Å². The van der Waals surface area contributed by atoms with Gasteiger partial charge in [-0.1, -0.05) is 101 Å². The van der Waals surface area contributed by atoms with Gasteiger partial charge in [-0.2, -0.15) is 0 Å². The van der Waals surface area contributed by atoms with Crippen LogP contribution in [0.3, 0.4) is 0 Å². The summed E-state index contributed by atoms with van der Waals surface area (Å²) in [6.07, 6.45) is 20.4.